The van der Waals surface area contributed by atoms with Crippen LogP contribution in [0.5, 0.6) is 0 Å². The van der Waals surface area contributed by atoms with Gasteiger partial charge < -0.3 is 11.1 Å². The van der Waals surface area contributed by atoms with Crippen LogP contribution in [0.15, 0.2) is 16.6 Å². The van der Waals surface area contributed by atoms with E-state index in [2.05, 4.69) is 21.2 Å². The summed E-state index contributed by atoms with van der Waals surface area (Å²) in [7, 11) is 0. The van der Waals surface area contributed by atoms with Crippen LogP contribution in [0.3, 0.4) is 0 Å². The predicted molar refractivity (Wildman–Crippen MR) is 74.6 cm³/mol. The van der Waals surface area contributed by atoms with Crippen molar-refractivity contribution >= 4 is 27.3 Å². The Morgan fingerprint density at radius 3 is 2.58 bits per heavy atom. The summed E-state index contributed by atoms with van der Waals surface area (Å²) in [5, 5.41) is 14.0. The zero-order valence-corrected chi connectivity index (χ0v) is 11.8. The number of nitrogens with two attached hydrogens (primary N) is 1. The first kappa shape index (κ1) is 14.2. The molecule has 0 unspecified atom stereocenters. The molecule has 2 rings (SSSR count). The largest absolute Gasteiger partial charge is 0.377 e. The maximum absolute atomic E-state index is 13.5. The molecule has 1 aromatic carbocycles. The number of halogens is 2. The van der Waals surface area contributed by atoms with Gasteiger partial charge in [-0.3, -0.25) is 10.1 Å². The molecule has 3 N–H and O–H groups in total. The molecule has 0 aromatic heterocycles. The Hall–Kier alpha value is -1.21. The smallest absolute Gasteiger partial charge is 0.293 e. The second-order valence-corrected chi connectivity index (χ2v) is 5.65. The lowest BCUT2D eigenvalue weighted by Crippen LogP contribution is -2.32. The zero-order chi connectivity index (χ0) is 14.0. The molecular weight excluding hydrogens is 317 g/mol. The van der Waals surface area contributed by atoms with Gasteiger partial charge >= 0.3 is 0 Å². The summed E-state index contributed by atoms with van der Waals surface area (Å²) in [6.45, 7) is 0. The Labute approximate surface area is 118 Å². The minimum Gasteiger partial charge on any atom is -0.377 e. The van der Waals surface area contributed by atoms with Crippen molar-refractivity contribution in [3.8, 4) is 0 Å². The molecule has 104 valence electrons. The Morgan fingerprint density at radius 2 is 2.00 bits per heavy atom. The Morgan fingerprint density at radius 1 is 1.37 bits per heavy atom. The maximum Gasteiger partial charge on any atom is 0.293 e. The molecule has 0 spiro atoms. The van der Waals surface area contributed by atoms with E-state index in [1.54, 1.807) is 0 Å². The van der Waals surface area contributed by atoms with Gasteiger partial charge in [0, 0.05) is 24.2 Å². The van der Waals surface area contributed by atoms with Gasteiger partial charge in [-0.05, 0) is 41.6 Å². The number of benzene rings is 1. The normalized spacial score (nSPS) is 23.1. The van der Waals surface area contributed by atoms with Gasteiger partial charge in [0.15, 0.2) is 0 Å². The molecule has 19 heavy (non-hydrogen) atoms. The number of anilines is 1. The van der Waals surface area contributed by atoms with E-state index in [0.717, 1.165) is 31.7 Å². The van der Waals surface area contributed by atoms with E-state index < -0.39 is 10.7 Å². The van der Waals surface area contributed by atoms with Gasteiger partial charge in [-0.1, -0.05) is 0 Å². The summed E-state index contributed by atoms with van der Waals surface area (Å²) in [5.41, 5.74) is 5.92. The standard InChI is InChI=1S/C12H15BrFN3O2/c13-9-5-12(17(18)19)11(6-10(9)14)16-8-3-1-7(15)2-4-8/h5-8,16H,1-4,15H2. The summed E-state index contributed by atoms with van der Waals surface area (Å²) in [5.74, 6) is -0.513. The van der Waals surface area contributed by atoms with E-state index in [1.165, 1.54) is 6.07 Å². The molecule has 0 atom stereocenters. The van der Waals surface area contributed by atoms with Crippen LogP contribution in [0.25, 0.3) is 0 Å². The van der Waals surface area contributed by atoms with Crippen molar-refractivity contribution in [3.05, 3.63) is 32.5 Å². The lowest BCUT2D eigenvalue weighted by atomic mass is 9.91. The van der Waals surface area contributed by atoms with Crippen LogP contribution in [0.4, 0.5) is 15.8 Å². The third kappa shape index (κ3) is 3.42. The maximum atomic E-state index is 13.5. The van der Waals surface area contributed by atoms with E-state index in [9.17, 15) is 14.5 Å². The van der Waals surface area contributed by atoms with Crippen LogP contribution in [-0.2, 0) is 0 Å². The van der Waals surface area contributed by atoms with E-state index >= 15 is 0 Å². The van der Waals surface area contributed by atoms with Crippen molar-refractivity contribution in [2.24, 2.45) is 5.73 Å². The van der Waals surface area contributed by atoms with Gasteiger partial charge in [0.05, 0.1) is 9.40 Å². The first-order valence-corrected chi connectivity index (χ1v) is 6.92. The van der Waals surface area contributed by atoms with Gasteiger partial charge in [0.2, 0.25) is 0 Å². The average Bonchev–Trinajstić information content (AvgIpc) is 2.36. The van der Waals surface area contributed by atoms with Crippen LogP contribution in [0.2, 0.25) is 0 Å². The third-order valence-electron chi connectivity index (χ3n) is 3.37. The minimum atomic E-state index is -0.513. The highest BCUT2D eigenvalue weighted by atomic mass is 79.9. The quantitative estimate of drug-likeness (QED) is 0.658. The number of nitrogens with zero attached hydrogens (tertiary/aromatic N) is 1. The Bertz CT molecular complexity index is 490. The average molecular weight is 332 g/mol. The fourth-order valence-corrected chi connectivity index (χ4v) is 2.62. The molecule has 0 heterocycles. The van der Waals surface area contributed by atoms with Gasteiger partial charge in [-0.15, -0.1) is 0 Å². The summed E-state index contributed by atoms with van der Waals surface area (Å²) in [6, 6.07) is 2.66. The molecule has 1 aromatic rings. The Balaban J connectivity index is 2.19. The van der Waals surface area contributed by atoms with Crippen molar-refractivity contribution < 1.29 is 9.31 Å². The molecule has 1 aliphatic carbocycles. The molecule has 1 aliphatic rings. The topological polar surface area (TPSA) is 81.2 Å². The minimum absolute atomic E-state index is 0.0930. The number of hydrogen-bond acceptors (Lipinski definition) is 4. The Kier molecular flexibility index (Phi) is 4.36. The van der Waals surface area contributed by atoms with E-state index in [-0.39, 0.29) is 27.9 Å². The van der Waals surface area contributed by atoms with Crippen molar-refractivity contribution in [3.63, 3.8) is 0 Å². The van der Waals surface area contributed by atoms with Crippen LogP contribution < -0.4 is 11.1 Å². The molecule has 7 heteroatoms. The summed E-state index contributed by atoms with van der Waals surface area (Å²) in [4.78, 5) is 10.5. The zero-order valence-electron chi connectivity index (χ0n) is 10.2. The van der Waals surface area contributed by atoms with Crippen molar-refractivity contribution in [1.82, 2.24) is 0 Å². The van der Waals surface area contributed by atoms with Gasteiger partial charge in [-0.2, -0.15) is 0 Å². The van der Waals surface area contributed by atoms with Crippen LogP contribution in [0.1, 0.15) is 25.7 Å². The van der Waals surface area contributed by atoms with E-state index in [4.69, 9.17) is 5.73 Å². The lowest BCUT2D eigenvalue weighted by Gasteiger charge is -2.27. The second kappa shape index (κ2) is 5.83. The number of nitro groups is 1. The molecule has 0 amide bonds. The summed E-state index contributed by atoms with van der Waals surface area (Å²) in [6.07, 6.45) is 3.45. The van der Waals surface area contributed by atoms with Crippen molar-refractivity contribution in [1.29, 1.82) is 0 Å². The molecule has 0 aliphatic heterocycles. The molecule has 1 saturated carbocycles. The third-order valence-corrected chi connectivity index (χ3v) is 3.97. The molecular formula is C12H15BrFN3O2. The monoisotopic (exact) mass is 331 g/mol. The molecule has 0 saturated heterocycles. The molecule has 0 radical (unpaired) electrons. The first-order chi connectivity index (χ1) is 8.97. The number of hydrogen-bond donors (Lipinski definition) is 2. The fourth-order valence-electron chi connectivity index (χ4n) is 2.29. The highest BCUT2D eigenvalue weighted by molar-refractivity contribution is 9.10. The van der Waals surface area contributed by atoms with Gasteiger partial charge in [0.25, 0.3) is 5.69 Å². The lowest BCUT2D eigenvalue weighted by molar-refractivity contribution is -0.384. The predicted octanol–water partition coefficient (Wildman–Crippen LogP) is 3.18. The molecule has 1 fully saturated rings. The van der Waals surface area contributed by atoms with Crippen molar-refractivity contribution in [2.45, 2.75) is 37.8 Å². The van der Waals surface area contributed by atoms with E-state index in [1.807, 2.05) is 0 Å². The van der Waals surface area contributed by atoms with Crippen LogP contribution in [-0.4, -0.2) is 17.0 Å². The summed E-state index contributed by atoms with van der Waals surface area (Å²) < 4.78 is 13.6. The van der Waals surface area contributed by atoms with Gasteiger partial charge in [-0.25, -0.2) is 4.39 Å². The van der Waals surface area contributed by atoms with Crippen LogP contribution in [0, 0.1) is 15.9 Å². The fraction of sp³-hybridized carbons (Fsp3) is 0.500. The number of nitro benzene ring substituents is 1. The van der Waals surface area contributed by atoms with E-state index in [0.29, 0.717) is 0 Å². The number of nitrogens with one attached hydrogen (secondary N) is 1. The second-order valence-electron chi connectivity index (χ2n) is 4.80. The highest BCUT2D eigenvalue weighted by Gasteiger charge is 2.23. The van der Waals surface area contributed by atoms with Gasteiger partial charge in [0.1, 0.15) is 11.5 Å². The van der Waals surface area contributed by atoms with Crippen molar-refractivity contribution in [2.75, 3.05) is 5.32 Å². The number of rotatable bonds is 3. The van der Waals surface area contributed by atoms with Crippen LogP contribution >= 0.6 is 15.9 Å². The molecule has 0 bridgehead atoms. The SMILES string of the molecule is NC1CCC(Nc2cc(F)c(Br)cc2[N+](=O)[O-])CC1. The first-order valence-electron chi connectivity index (χ1n) is 6.13. The highest BCUT2D eigenvalue weighted by Crippen LogP contribution is 2.32. The molecule has 5 nitrogen and oxygen atoms in total. The summed E-state index contributed by atoms with van der Waals surface area (Å²) >= 11 is 2.96.